The summed E-state index contributed by atoms with van der Waals surface area (Å²) in [6, 6.07) is 4.31. The zero-order valence-corrected chi connectivity index (χ0v) is 15.9. The van der Waals surface area contributed by atoms with E-state index in [-0.39, 0.29) is 6.04 Å². The second-order valence-corrected chi connectivity index (χ2v) is 7.38. The van der Waals surface area contributed by atoms with E-state index in [0.29, 0.717) is 18.4 Å². The van der Waals surface area contributed by atoms with Gasteiger partial charge in [-0.15, -0.1) is 0 Å². The van der Waals surface area contributed by atoms with Gasteiger partial charge in [0.25, 0.3) is 0 Å². The fourth-order valence-electron chi connectivity index (χ4n) is 3.97. The Kier molecular flexibility index (Phi) is 6.01. The van der Waals surface area contributed by atoms with Crippen LogP contribution in [-0.4, -0.2) is 59.5 Å². The van der Waals surface area contributed by atoms with Gasteiger partial charge in [-0.25, -0.2) is 9.97 Å². The molecule has 4 heterocycles. The van der Waals surface area contributed by atoms with Crippen molar-refractivity contribution in [3.05, 3.63) is 42.1 Å². The lowest BCUT2D eigenvalue weighted by molar-refractivity contribution is 0.00514. The van der Waals surface area contributed by atoms with Gasteiger partial charge in [0.2, 0.25) is 5.88 Å². The van der Waals surface area contributed by atoms with Crippen LogP contribution in [0.3, 0.4) is 0 Å². The molecule has 0 aromatic carbocycles. The maximum Gasteiger partial charge on any atom is 0.217 e. The molecule has 0 N–H and O–H groups in total. The highest BCUT2D eigenvalue weighted by Gasteiger charge is 2.26. The first kappa shape index (κ1) is 18.4. The van der Waals surface area contributed by atoms with Gasteiger partial charge in [0, 0.05) is 57.4 Å². The molecule has 0 aliphatic carbocycles. The number of nitrogens with zero attached hydrogens (tertiary/aromatic N) is 4. The molecule has 27 heavy (non-hydrogen) atoms. The Balaban J connectivity index is 1.38. The Hall–Kier alpha value is -1.96. The van der Waals surface area contributed by atoms with Crippen molar-refractivity contribution in [3.8, 4) is 5.88 Å². The van der Waals surface area contributed by atoms with E-state index in [1.165, 1.54) is 5.69 Å². The van der Waals surface area contributed by atoms with Crippen LogP contribution in [0.5, 0.6) is 5.88 Å². The number of ether oxygens (including phenoxy) is 3. The molecule has 0 saturated carbocycles. The largest absolute Gasteiger partial charge is 0.481 e. The zero-order chi connectivity index (χ0) is 18.5. The Morgan fingerprint density at radius 2 is 2.15 bits per heavy atom. The lowest BCUT2D eigenvalue weighted by atomic mass is 10.0. The predicted molar refractivity (Wildman–Crippen MR) is 101 cm³/mol. The predicted octanol–water partition coefficient (Wildman–Crippen LogP) is 2.29. The van der Waals surface area contributed by atoms with Crippen LogP contribution in [-0.2, 0) is 22.6 Å². The molecular formula is C20H28N4O3. The fraction of sp³-hybridized carbons (Fsp3) is 0.600. The molecule has 1 unspecified atom stereocenters. The van der Waals surface area contributed by atoms with Gasteiger partial charge < -0.3 is 18.8 Å². The number of aromatic nitrogens is 3. The smallest absolute Gasteiger partial charge is 0.217 e. The summed E-state index contributed by atoms with van der Waals surface area (Å²) in [7, 11) is 1.67. The Morgan fingerprint density at radius 1 is 1.26 bits per heavy atom. The van der Waals surface area contributed by atoms with Crippen molar-refractivity contribution >= 4 is 0 Å². The van der Waals surface area contributed by atoms with E-state index in [1.807, 2.05) is 18.6 Å². The molecule has 4 rings (SSSR count). The van der Waals surface area contributed by atoms with E-state index in [2.05, 4.69) is 25.5 Å². The number of hydrogen-bond acceptors (Lipinski definition) is 6. The van der Waals surface area contributed by atoms with E-state index < -0.39 is 0 Å². The highest BCUT2D eigenvalue weighted by atomic mass is 16.5. The van der Waals surface area contributed by atoms with E-state index in [1.54, 1.807) is 13.3 Å². The highest BCUT2D eigenvalue weighted by molar-refractivity contribution is 5.25. The molecule has 1 saturated heterocycles. The molecular weight excluding hydrogens is 344 g/mol. The van der Waals surface area contributed by atoms with Crippen LogP contribution in [0, 0.1) is 5.92 Å². The average molecular weight is 372 g/mol. The molecule has 2 aliphatic rings. The van der Waals surface area contributed by atoms with E-state index >= 15 is 0 Å². The van der Waals surface area contributed by atoms with Crippen LogP contribution in [0.4, 0.5) is 0 Å². The summed E-state index contributed by atoms with van der Waals surface area (Å²) in [6.07, 6.45) is 7.86. The Bertz CT molecular complexity index is 730. The molecule has 1 atom stereocenters. The molecule has 0 spiro atoms. The minimum Gasteiger partial charge on any atom is -0.481 e. The summed E-state index contributed by atoms with van der Waals surface area (Å²) in [4.78, 5) is 11.1. The summed E-state index contributed by atoms with van der Waals surface area (Å²) in [6.45, 7) is 5.86. The van der Waals surface area contributed by atoms with Crippen molar-refractivity contribution in [2.45, 2.75) is 32.0 Å². The topological polar surface area (TPSA) is 61.6 Å². The third-order valence-corrected chi connectivity index (χ3v) is 5.44. The maximum atomic E-state index is 6.11. The number of hydrogen-bond donors (Lipinski definition) is 0. The van der Waals surface area contributed by atoms with Crippen LogP contribution < -0.4 is 4.74 Å². The van der Waals surface area contributed by atoms with Crippen molar-refractivity contribution in [2.75, 3.05) is 40.1 Å². The van der Waals surface area contributed by atoms with Crippen molar-refractivity contribution in [1.29, 1.82) is 0 Å². The molecule has 1 fully saturated rings. The summed E-state index contributed by atoms with van der Waals surface area (Å²) >= 11 is 0. The Labute approximate surface area is 160 Å². The molecule has 7 heteroatoms. The third kappa shape index (κ3) is 4.48. The van der Waals surface area contributed by atoms with Crippen LogP contribution in [0.1, 0.15) is 30.1 Å². The van der Waals surface area contributed by atoms with Gasteiger partial charge >= 0.3 is 0 Å². The van der Waals surface area contributed by atoms with Crippen LogP contribution in [0.15, 0.2) is 30.9 Å². The van der Waals surface area contributed by atoms with Gasteiger partial charge in [0.15, 0.2) is 0 Å². The van der Waals surface area contributed by atoms with Gasteiger partial charge in [-0.05, 0) is 24.8 Å². The normalized spacial score (nSPS) is 21.1. The number of imidazole rings is 1. The minimum absolute atomic E-state index is 0.277. The number of rotatable bonds is 7. The quantitative estimate of drug-likeness (QED) is 0.743. The average Bonchev–Trinajstić information content (AvgIpc) is 3.18. The summed E-state index contributed by atoms with van der Waals surface area (Å²) < 4.78 is 19.2. The zero-order valence-electron chi connectivity index (χ0n) is 15.9. The molecule has 0 amide bonds. The van der Waals surface area contributed by atoms with Crippen molar-refractivity contribution in [1.82, 2.24) is 19.4 Å². The van der Waals surface area contributed by atoms with Crippen LogP contribution in [0.2, 0.25) is 0 Å². The summed E-state index contributed by atoms with van der Waals surface area (Å²) in [5, 5.41) is 0. The number of fused-ring (bicyclic) bond motifs is 1. The standard InChI is InChI=1S/C20H28N4O3/c1-25-20-17(3-2-6-22-20)10-23-11-18-9-21-15-24(18)19(12-23)14-27-13-16-4-7-26-8-5-16/h2-3,6,9,15-16,19H,4-5,7-8,10-14H2,1H3. The SMILES string of the molecule is COc1ncccc1CN1Cc2cncn2C(COCC2CCOCC2)C1. The van der Waals surface area contributed by atoms with Crippen molar-refractivity contribution in [2.24, 2.45) is 5.92 Å². The lowest BCUT2D eigenvalue weighted by Crippen LogP contribution is -2.38. The Morgan fingerprint density at radius 3 is 3.00 bits per heavy atom. The first-order chi connectivity index (χ1) is 13.3. The third-order valence-electron chi connectivity index (χ3n) is 5.44. The highest BCUT2D eigenvalue weighted by Crippen LogP contribution is 2.25. The molecule has 2 aromatic rings. The van der Waals surface area contributed by atoms with Crippen molar-refractivity contribution < 1.29 is 14.2 Å². The van der Waals surface area contributed by atoms with Gasteiger partial charge in [-0.1, -0.05) is 6.07 Å². The molecule has 2 aromatic heterocycles. The lowest BCUT2D eigenvalue weighted by Gasteiger charge is -2.34. The summed E-state index contributed by atoms with van der Waals surface area (Å²) in [5.74, 6) is 1.32. The van der Waals surface area contributed by atoms with Crippen molar-refractivity contribution in [3.63, 3.8) is 0 Å². The molecule has 146 valence electrons. The first-order valence-corrected chi connectivity index (χ1v) is 9.70. The molecule has 7 nitrogen and oxygen atoms in total. The monoisotopic (exact) mass is 372 g/mol. The minimum atomic E-state index is 0.277. The van der Waals surface area contributed by atoms with E-state index in [9.17, 15) is 0 Å². The van der Waals surface area contributed by atoms with Crippen LogP contribution in [0.25, 0.3) is 0 Å². The fourth-order valence-corrected chi connectivity index (χ4v) is 3.97. The second kappa shape index (κ2) is 8.82. The summed E-state index contributed by atoms with van der Waals surface area (Å²) in [5.41, 5.74) is 2.33. The second-order valence-electron chi connectivity index (χ2n) is 7.38. The van der Waals surface area contributed by atoms with Gasteiger partial charge in [-0.2, -0.15) is 0 Å². The van der Waals surface area contributed by atoms with Gasteiger partial charge in [0.1, 0.15) is 0 Å². The molecule has 2 aliphatic heterocycles. The van der Waals surface area contributed by atoms with Gasteiger partial charge in [0.05, 0.1) is 31.8 Å². The van der Waals surface area contributed by atoms with E-state index in [4.69, 9.17) is 14.2 Å². The van der Waals surface area contributed by atoms with Crippen LogP contribution >= 0.6 is 0 Å². The number of pyridine rings is 1. The molecule has 0 bridgehead atoms. The van der Waals surface area contributed by atoms with Gasteiger partial charge in [-0.3, -0.25) is 4.90 Å². The van der Waals surface area contributed by atoms with E-state index in [0.717, 1.165) is 57.9 Å². The first-order valence-electron chi connectivity index (χ1n) is 9.70. The molecule has 0 radical (unpaired) electrons. The maximum absolute atomic E-state index is 6.11. The number of methoxy groups -OCH3 is 1.